The summed E-state index contributed by atoms with van der Waals surface area (Å²) < 4.78 is 24.8. The molecular weight excluding hydrogens is 385 g/mol. The van der Waals surface area contributed by atoms with Gasteiger partial charge in [0.05, 0.1) is 5.69 Å². The number of amides is 1. The molecule has 0 spiro atoms. The van der Waals surface area contributed by atoms with Crippen molar-refractivity contribution in [3.8, 4) is 11.5 Å². The van der Waals surface area contributed by atoms with Gasteiger partial charge in [0.25, 0.3) is 5.91 Å². The van der Waals surface area contributed by atoms with Gasteiger partial charge in [-0.2, -0.15) is 0 Å². The Morgan fingerprint density at radius 2 is 1.82 bits per heavy atom. The average Bonchev–Trinajstić information content (AvgIpc) is 2.69. The van der Waals surface area contributed by atoms with E-state index < -0.39 is 11.7 Å². The van der Waals surface area contributed by atoms with Gasteiger partial charge in [-0.25, -0.2) is 9.37 Å². The number of carbonyl (C=O) groups excluding carboxylic acids is 1. The molecule has 0 aliphatic carbocycles. The number of fused-ring (bicyclic) bond motifs is 1. The van der Waals surface area contributed by atoms with Gasteiger partial charge in [0, 0.05) is 16.8 Å². The minimum Gasteiger partial charge on any atom is -0.486 e. The fourth-order valence-electron chi connectivity index (χ4n) is 2.69. The van der Waals surface area contributed by atoms with Gasteiger partial charge in [0.2, 0.25) is 0 Å². The quantitative estimate of drug-likeness (QED) is 0.668. The summed E-state index contributed by atoms with van der Waals surface area (Å²) in [4.78, 5) is 16.8. The van der Waals surface area contributed by atoms with Crippen molar-refractivity contribution in [3.05, 3.63) is 71.1 Å². The van der Waals surface area contributed by atoms with Crippen LogP contribution in [0, 0.1) is 5.82 Å². The number of nitrogens with zero attached hydrogens (tertiary/aromatic N) is 1. The lowest BCUT2D eigenvalue weighted by Crippen LogP contribution is -2.17. The standard InChI is InChI=1S/C20H15ClFN3O3/c21-12-9-16(25-19(10-12)24-15-4-2-1-3-14(15)22)20(26)23-13-5-6-17-18(11-13)28-8-7-27-17/h1-6,9-11H,7-8H2,(H,23,26)(H,24,25). The first-order valence-corrected chi connectivity index (χ1v) is 8.86. The minimum atomic E-state index is -0.462. The topological polar surface area (TPSA) is 72.5 Å². The van der Waals surface area contributed by atoms with E-state index in [1.54, 1.807) is 36.4 Å². The molecule has 0 bridgehead atoms. The molecule has 0 saturated heterocycles. The third-order valence-electron chi connectivity index (χ3n) is 3.96. The molecule has 0 fully saturated rings. The molecule has 28 heavy (non-hydrogen) atoms. The van der Waals surface area contributed by atoms with Gasteiger partial charge in [0.15, 0.2) is 11.5 Å². The second kappa shape index (κ2) is 7.74. The van der Waals surface area contributed by atoms with Crippen LogP contribution in [0.3, 0.4) is 0 Å². The first kappa shape index (κ1) is 18.1. The molecule has 2 N–H and O–H groups in total. The smallest absolute Gasteiger partial charge is 0.274 e. The van der Waals surface area contributed by atoms with E-state index in [9.17, 15) is 9.18 Å². The number of hydrogen-bond donors (Lipinski definition) is 2. The Labute approximate surface area is 165 Å². The number of ether oxygens (including phenoxy) is 2. The van der Waals surface area contributed by atoms with Crippen LogP contribution in [0.15, 0.2) is 54.6 Å². The second-order valence-corrected chi connectivity index (χ2v) is 6.41. The molecule has 1 aromatic heterocycles. The molecule has 2 aromatic carbocycles. The largest absolute Gasteiger partial charge is 0.486 e. The van der Waals surface area contributed by atoms with Crippen molar-refractivity contribution < 1.29 is 18.7 Å². The predicted molar refractivity (Wildman–Crippen MR) is 104 cm³/mol. The lowest BCUT2D eigenvalue weighted by Gasteiger charge is -2.19. The Morgan fingerprint density at radius 3 is 2.64 bits per heavy atom. The van der Waals surface area contributed by atoms with Gasteiger partial charge in [-0.3, -0.25) is 4.79 Å². The molecule has 8 heteroatoms. The summed E-state index contributed by atoms with van der Waals surface area (Å²) in [6.45, 7) is 0.939. The first-order valence-electron chi connectivity index (χ1n) is 8.48. The Balaban J connectivity index is 1.54. The number of anilines is 3. The van der Waals surface area contributed by atoms with Gasteiger partial charge >= 0.3 is 0 Å². The van der Waals surface area contributed by atoms with Crippen LogP contribution in [-0.2, 0) is 0 Å². The minimum absolute atomic E-state index is 0.0845. The first-order chi connectivity index (χ1) is 13.6. The number of hydrogen-bond acceptors (Lipinski definition) is 5. The van der Waals surface area contributed by atoms with Crippen LogP contribution in [0.4, 0.5) is 21.6 Å². The Bertz CT molecular complexity index is 1040. The zero-order valence-corrected chi connectivity index (χ0v) is 15.3. The van der Waals surface area contributed by atoms with E-state index >= 15 is 0 Å². The molecule has 0 atom stereocenters. The number of para-hydroxylation sites is 1. The number of carbonyl (C=O) groups is 1. The molecule has 1 aliphatic heterocycles. The maximum absolute atomic E-state index is 13.8. The number of nitrogens with one attached hydrogen (secondary N) is 2. The summed E-state index contributed by atoms with van der Waals surface area (Å²) in [5, 5.41) is 5.86. The summed E-state index contributed by atoms with van der Waals surface area (Å²) >= 11 is 6.11. The summed E-state index contributed by atoms with van der Waals surface area (Å²) in [6.07, 6.45) is 0. The third kappa shape index (κ3) is 3.99. The second-order valence-electron chi connectivity index (χ2n) is 5.97. The van der Waals surface area contributed by atoms with Crippen molar-refractivity contribution in [3.63, 3.8) is 0 Å². The highest BCUT2D eigenvalue weighted by molar-refractivity contribution is 6.31. The fourth-order valence-corrected chi connectivity index (χ4v) is 2.90. The van der Waals surface area contributed by atoms with Gasteiger partial charge in [0.1, 0.15) is 30.5 Å². The monoisotopic (exact) mass is 399 g/mol. The van der Waals surface area contributed by atoms with E-state index in [0.717, 1.165) is 0 Å². The van der Waals surface area contributed by atoms with E-state index in [1.165, 1.54) is 18.2 Å². The lowest BCUT2D eigenvalue weighted by molar-refractivity contribution is 0.102. The van der Waals surface area contributed by atoms with Crippen LogP contribution in [0.5, 0.6) is 11.5 Å². The molecule has 4 rings (SSSR count). The normalized spacial score (nSPS) is 12.4. The molecule has 6 nitrogen and oxygen atoms in total. The van der Waals surface area contributed by atoms with Crippen LogP contribution in [0.25, 0.3) is 0 Å². The number of benzene rings is 2. The highest BCUT2D eigenvalue weighted by Crippen LogP contribution is 2.32. The van der Waals surface area contributed by atoms with Crippen molar-refractivity contribution in [2.75, 3.05) is 23.8 Å². The van der Waals surface area contributed by atoms with Crippen molar-refractivity contribution in [2.24, 2.45) is 0 Å². The molecule has 2 heterocycles. The molecule has 1 amide bonds. The molecule has 3 aromatic rings. The van der Waals surface area contributed by atoms with Crippen molar-refractivity contribution >= 4 is 34.7 Å². The summed E-state index contributed by atoms with van der Waals surface area (Å²) in [6, 6.07) is 14.2. The van der Waals surface area contributed by atoms with Crippen molar-refractivity contribution in [1.29, 1.82) is 0 Å². The maximum Gasteiger partial charge on any atom is 0.274 e. The zero-order chi connectivity index (χ0) is 19.5. The number of halogens is 2. The highest BCUT2D eigenvalue weighted by atomic mass is 35.5. The van der Waals surface area contributed by atoms with E-state index in [0.29, 0.717) is 35.4 Å². The van der Waals surface area contributed by atoms with E-state index in [4.69, 9.17) is 21.1 Å². The average molecular weight is 400 g/mol. The molecule has 142 valence electrons. The Hall–Kier alpha value is -3.32. The SMILES string of the molecule is O=C(Nc1ccc2c(c1)OCCO2)c1cc(Cl)cc(Nc2ccccc2F)n1. The van der Waals surface area contributed by atoms with Crippen LogP contribution in [-0.4, -0.2) is 24.1 Å². The molecule has 0 radical (unpaired) electrons. The molecule has 0 unspecified atom stereocenters. The summed E-state index contributed by atoms with van der Waals surface area (Å²) in [5.41, 5.74) is 0.844. The van der Waals surface area contributed by atoms with Crippen molar-refractivity contribution in [2.45, 2.75) is 0 Å². The fraction of sp³-hybridized carbons (Fsp3) is 0.100. The van der Waals surface area contributed by atoms with Gasteiger partial charge < -0.3 is 20.1 Å². The molecule has 0 saturated carbocycles. The van der Waals surface area contributed by atoms with Crippen LogP contribution in [0.1, 0.15) is 10.5 Å². The Kier molecular flexibility index (Phi) is 4.99. The van der Waals surface area contributed by atoms with E-state index in [1.807, 2.05) is 0 Å². The predicted octanol–water partition coefficient (Wildman–Crippen LogP) is 4.64. The number of rotatable bonds is 4. The zero-order valence-electron chi connectivity index (χ0n) is 14.5. The van der Waals surface area contributed by atoms with E-state index in [2.05, 4.69) is 15.6 Å². The highest BCUT2D eigenvalue weighted by Gasteiger charge is 2.15. The molecular formula is C20H15ClFN3O3. The summed E-state index contributed by atoms with van der Waals surface area (Å²) in [5.74, 6) is 0.541. The Morgan fingerprint density at radius 1 is 1.04 bits per heavy atom. The van der Waals surface area contributed by atoms with Gasteiger partial charge in [-0.05, 0) is 36.4 Å². The van der Waals surface area contributed by atoms with Gasteiger partial charge in [-0.1, -0.05) is 23.7 Å². The number of aromatic nitrogens is 1. The van der Waals surface area contributed by atoms with Crippen LogP contribution >= 0.6 is 11.6 Å². The molecule has 1 aliphatic rings. The lowest BCUT2D eigenvalue weighted by atomic mass is 10.2. The van der Waals surface area contributed by atoms with E-state index in [-0.39, 0.29) is 17.2 Å². The van der Waals surface area contributed by atoms with Crippen LogP contribution in [0.2, 0.25) is 5.02 Å². The van der Waals surface area contributed by atoms with Crippen LogP contribution < -0.4 is 20.1 Å². The van der Waals surface area contributed by atoms with Crippen molar-refractivity contribution in [1.82, 2.24) is 4.98 Å². The van der Waals surface area contributed by atoms with Gasteiger partial charge in [-0.15, -0.1) is 0 Å². The third-order valence-corrected chi connectivity index (χ3v) is 4.18. The summed E-state index contributed by atoms with van der Waals surface area (Å²) in [7, 11) is 0. The number of pyridine rings is 1. The maximum atomic E-state index is 13.8.